The molecule has 0 unspecified atom stereocenters. The highest BCUT2D eigenvalue weighted by atomic mass is 35.5. The van der Waals surface area contributed by atoms with Crippen LogP contribution in [0.15, 0.2) is 36.4 Å². The van der Waals surface area contributed by atoms with Crippen molar-refractivity contribution in [2.45, 2.75) is 13.1 Å². The van der Waals surface area contributed by atoms with Gasteiger partial charge in [0.2, 0.25) is 0 Å². The van der Waals surface area contributed by atoms with Crippen LogP contribution in [-0.2, 0) is 13.1 Å². The third kappa shape index (κ3) is 5.03. The molecular formula is C17H18Cl2NO4-. The molecule has 0 bridgehead atoms. The zero-order valence-electron chi connectivity index (χ0n) is 13.3. The van der Waals surface area contributed by atoms with Gasteiger partial charge in [0.25, 0.3) is 0 Å². The van der Waals surface area contributed by atoms with Crippen molar-refractivity contribution in [2.24, 2.45) is 0 Å². The molecule has 24 heavy (non-hydrogen) atoms. The van der Waals surface area contributed by atoms with E-state index in [1.165, 1.54) is 0 Å². The van der Waals surface area contributed by atoms with Gasteiger partial charge >= 0.3 is 5.97 Å². The van der Waals surface area contributed by atoms with Crippen LogP contribution in [0.2, 0.25) is 5.02 Å². The first kappa shape index (κ1) is 20.1. The molecule has 0 aliphatic heterocycles. The Morgan fingerprint density at radius 3 is 2.25 bits per heavy atom. The molecule has 2 N–H and O–H groups in total. The molecule has 0 saturated carbocycles. The lowest BCUT2D eigenvalue weighted by Gasteiger charge is -2.12. The summed E-state index contributed by atoms with van der Waals surface area (Å²) in [6, 6.07) is 10.4. The first-order valence-corrected chi connectivity index (χ1v) is 7.36. The SMILES string of the molecule is COc1cc(CNCc2ccc(C(=O)O)cc2)cc(Cl)c1OC.[Cl-]. The van der Waals surface area contributed by atoms with Crippen LogP contribution in [-0.4, -0.2) is 25.3 Å². The van der Waals surface area contributed by atoms with Gasteiger partial charge in [-0.3, -0.25) is 0 Å². The number of carboxylic acids is 1. The second kappa shape index (κ2) is 9.37. The minimum atomic E-state index is -0.926. The minimum absolute atomic E-state index is 0. The summed E-state index contributed by atoms with van der Waals surface area (Å²) in [5, 5.41) is 12.6. The number of methoxy groups -OCH3 is 2. The van der Waals surface area contributed by atoms with Crippen molar-refractivity contribution in [2.75, 3.05) is 14.2 Å². The van der Waals surface area contributed by atoms with E-state index in [1.54, 1.807) is 38.5 Å². The molecule has 5 nitrogen and oxygen atoms in total. The number of carboxylic acid groups (broad SMARTS) is 1. The van der Waals surface area contributed by atoms with E-state index in [0.29, 0.717) is 29.6 Å². The van der Waals surface area contributed by atoms with E-state index in [0.717, 1.165) is 11.1 Å². The Balaban J connectivity index is 0.00000288. The van der Waals surface area contributed by atoms with Crippen LogP contribution in [0.1, 0.15) is 21.5 Å². The summed E-state index contributed by atoms with van der Waals surface area (Å²) >= 11 is 6.17. The van der Waals surface area contributed by atoms with Gasteiger partial charge in [0.05, 0.1) is 24.8 Å². The standard InChI is InChI=1S/C17H18ClNO4.ClH/c1-22-15-8-12(7-14(18)16(15)23-2)10-19-9-11-3-5-13(6-4-11)17(20)21;/h3-8,19H,9-10H2,1-2H3,(H,20,21);1H/p-1. The molecule has 0 spiro atoms. The van der Waals surface area contributed by atoms with E-state index in [-0.39, 0.29) is 18.0 Å². The maximum atomic E-state index is 10.8. The lowest BCUT2D eigenvalue weighted by Crippen LogP contribution is -3.00. The molecule has 0 saturated heterocycles. The lowest BCUT2D eigenvalue weighted by atomic mass is 10.1. The summed E-state index contributed by atoms with van der Waals surface area (Å²) in [7, 11) is 3.11. The minimum Gasteiger partial charge on any atom is -1.00 e. The van der Waals surface area contributed by atoms with Crippen molar-refractivity contribution in [3.63, 3.8) is 0 Å². The van der Waals surface area contributed by atoms with Gasteiger partial charge in [-0.2, -0.15) is 0 Å². The van der Waals surface area contributed by atoms with E-state index in [4.69, 9.17) is 26.2 Å². The Bertz CT molecular complexity index is 690. The van der Waals surface area contributed by atoms with Gasteiger partial charge in [0, 0.05) is 13.1 Å². The highest BCUT2D eigenvalue weighted by Gasteiger charge is 2.10. The summed E-state index contributed by atoms with van der Waals surface area (Å²) in [6.45, 7) is 1.21. The number of rotatable bonds is 7. The Kier molecular flexibility index (Phi) is 7.85. The molecule has 0 aliphatic rings. The topological polar surface area (TPSA) is 67.8 Å². The van der Waals surface area contributed by atoms with Crippen LogP contribution in [0.4, 0.5) is 0 Å². The molecule has 7 heteroatoms. The zero-order chi connectivity index (χ0) is 16.8. The maximum absolute atomic E-state index is 10.8. The van der Waals surface area contributed by atoms with Crippen LogP contribution >= 0.6 is 11.6 Å². The molecule has 2 aromatic rings. The Labute approximate surface area is 152 Å². The fourth-order valence-electron chi connectivity index (χ4n) is 2.19. The molecule has 0 heterocycles. The van der Waals surface area contributed by atoms with E-state index < -0.39 is 5.97 Å². The average Bonchev–Trinajstić information content (AvgIpc) is 2.54. The summed E-state index contributed by atoms with van der Waals surface area (Å²) in [5.74, 6) is 0.175. The van der Waals surface area contributed by atoms with Crippen LogP contribution < -0.4 is 27.2 Å². The maximum Gasteiger partial charge on any atom is 0.335 e. The zero-order valence-corrected chi connectivity index (χ0v) is 14.8. The van der Waals surface area contributed by atoms with Crippen molar-refractivity contribution in [3.8, 4) is 11.5 Å². The Morgan fingerprint density at radius 2 is 1.71 bits per heavy atom. The van der Waals surface area contributed by atoms with E-state index in [1.807, 2.05) is 12.1 Å². The number of hydrogen-bond acceptors (Lipinski definition) is 4. The molecule has 0 atom stereocenters. The van der Waals surface area contributed by atoms with Gasteiger partial charge in [-0.15, -0.1) is 0 Å². The molecular weight excluding hydrogens is 353 g/mol. The molecule has 0 aromatic heterocycles. The van der Waals surface area contributed by atoms with Crippen molar-refractivity contribution >= 4 is 17.6 Å². The van der Waals surface area contributed by atoms with Gasteiger partial charge in [-0.25, -0.2) is 4.79 Å². The molecule has 0 aliphatic carbocycles. The molecule has 2 aromatic carbocycles. The number of benzene rings is 2. The fourth-order valence-corrected chi connectivity index (χ4v) is 2.50. The number of carbonyl (C=O) groups is 1. The number of nitrogens with one attached hydrogen (secondary N) is 1. The van der Waals surface area contributed by atoms with Crippen LogP contribution in [0.25, 0.3) is 0 Å². The van der Waals surface area contributed by atoms with E-state index in [2.05, 4.69) is 5.32 Å². The fraction of sp³-hybridized carbons (Fsp3) is 0.235. The van der Waals surface area contributed by atoms with E-state index in [9.17, 15) is 4.79 Å². The van der Waals surface area contributed by atoms with Gasteiger partial charge in [0.1, 0.15) is 0 Å². The van der Waals surface area contributed by atoms with Crippen LogP contribution in [0, 0.1) is 0 Å². The molecule has 0 amide bonds. The summed E-state index contributed by atoms with van der Waals surface area (Å²) in [5.41, 5.74) is 2.25. The summed E-state index contributed by atoms with van der Waals surface area (Å²) < 4.78 is 10.5. The average molecular weight is 371 g/mol. The summed E-state index contributed by atoms with van der Waals surface area (Å²) in [4.78, 5) is 10.8. The smallest absolute Gasteiger partial charge is 0.335 e. The van der Waals surface area contributed by atoms with Gasteiger partial charge < -0.3 is 32.3 Å². The van der Waals surface area contributed by atoms with Gasteiger partial charge in [-0.1, -0.05) is 23.7 Å². The molecule has 130 valence electrons. The van der Waals surface area contributed by atoms with Gasteiger partial charge in [-0.05, 0) is 35.4 Å². The molecule has 2 rings (SSSR count). The lowest BCUT2D eigenvalue weighted by molar-refractivity contribution is -0.0000206. The predicted molar refractivity (Wildman–Crippen MR) is 88.5 cm³/mol. The third-order valence-electron chi connectivity index (χ3n) is 3.35. The first-order chi connectivity index (χ1) is 11.0. The normalized spacial score (nSPS) is 9.96. The monoisotopic (exact) mass is 370 g/mol. The Morgan fingerprint density at radius 1 is 1.08 bits per heavy atom. The number of aromatic carboxylic acids is 1. The second-order valence-electron chi connectivity index (χ2n) is 4.92. The third-order valence-corrected chi connectivity index (χ3v) is 3.63. The molecule has 0 radical (unpaired) electrons. The number of hydrogen-bond donors (Lipinski definition) is 2. The highest BCUT2D eigenvalue weighted by Crippen LogP contribution is 2.35. The molecule has 0 fully saturated rings. The first-order valence-electron chi connectivity index (χ1n) is 6.98. The number of ether oxygens (including phenoxy) is 2. The van der Waals surface area contributed by atoms with Crippen LogP contribution in [0.3, 0.4) is 0 Å². The van der Waals surface area contributed by atoms with Crippen molar-refractivity contribution in [1.82, 2.24) is 5.32 Å². The van der Waals surface area contributed by atoms with E-state index >= 15 is 0 Å². The summed E-state index contributed by atoms with van der Waals surface area (Å²) in [6.07, 6.45) is 0. The van der Waals surface area contributed by atoms with Crippen molar-refractivity contribution < 1.29 is 31.8 Å². The predicted octanol–water partition coefficient (Wildman–Crippen LogP) is 0.349. The highest BCUT2D eigenvalue weighted by molar-refractivity contribution is 6.32. The van der Waals surface area contributed by atoms with Crippen LogP contribution in [0.5, 0.6) is 11.5 Å². The Hall–Kier alpha value is -1.95. The second-order valence-corrected chi connectivity index (χ2v) is 5.33. The number of halogens is 2. The van der Waals surface area contributed by atoms with Crippen molar-refractivity contribution in [3.05, 3.63) is 58.1 Å². The largest absolute Gasteiger partial charge is 1.00 e. The van der Waals surface area contributed by atoms with Gasteiger partial charge in [0.15, 0.2) is 11.5 Å². The quantitative estimate of drug-likeness (QED) is 0.735. The van der Waals surface area contributed by atoms with Crippen molar-refractivity contribution in [1.29, 1.82) is 0 Å².